The maximum atomic E-state index is 13.0. The van der Waals surface area contributed by atoms with E-state index in [0.717, 1.165) is 0 Å². The molecule has 0 fully saturated rings. The highest BCUT2D eigenvalue weighted by atomic mass is 32.1. The van der Waals surface area contributed by atoms with E-state index in [-0.39, 0.29) is 5.82 Å². The predicted molar refractivity (Wildman–Crippen MR) is 47.0 cm³/mol. The van der Waals surface area contributed by atoms with Crippen molar-refractivity contribution < 1.29 is 13.9 Å². The van der Waals surface area contributed by atoms with Crippen molar-refractivity contribution in [3.63, 3.8) is 0 Å². The molecule has 0 aliphatic carbocycles. The zero-order valence-electron chi connectivity index (χ0n) is 6.61. The van der Waals surface area contributed by atoms with Crippen molar-refractivity contribution >= 4 is 11.3 Å². The first-order chi connectivity index (χ1) is 6.29. The Morgan fingerprint density at radius 2 is 2.31 bits per heavy atom. The monoisotopic (exact) mass is 198 g/mol. The fourth-order valence-corrected chi connectivity index (χ4v) is 1.86. The Labute approximate surface area is 78.2 Å². The van der Waals surface area contributed by atoms with Gasteiger partial charge < -0.3 is 9.52 Å². The van der Waals surface area contributed by atoms with Crippen LogP contribution in [-0.4, -0.2) is 5.11 Å². The van der Waals surface area contributed by atoms with Crippen LogP contribution in [0.5, 0.6) is 0 Å². The molecule has 1 unspecified atom stereocenters. The molecule has 0 saturated heterocycles. The van der Waals surface area contributed by atoms with Crippen LogP contribution in [0.1, 0.15) is 16.5 Å². The van der Waals surface area contributed by atoms with Crippen molar-refractivity contribution in [3.05, 3.63) is 46.3 Å². The third kappa shape index (κ3) is 1.50. The standard InChI is InChI=1S/C9H7FO2S/c10-7-2-4-13-9(7)8(11)6-1-3-12-5-6/h1-5,8,11H. The van der Waals surface area contributed by atoms with Crippen LogP contribution >= 0.6 is 11.3 Å². The second kappa shape index (κ2) is 3.32. The molecular weight excluding hydrogens is 191 g/mol. The molecule has 0 spiro atoms. The smallest absolute Gasteiger partial charge is 0.140 e. The summed E-state index contributed by atoms with van der Waals surface area (Å²) < 4.78 is 17.8. The molecule has 2 nitrogen and oxygen atoms in total. The average Bonchev–Trinajstić information content (AvgIpc) is 2.72. The molecule has 4 heteroatoms. The summed E-state index contributed by atoms with van der Waals surface area (Å²) in [7, 11) is 0. The Bertz CT molecular complexity index is 380. The molecule has 1 N–H and O–H groups in total. The summed E-state index contributed by atoms with van der Waals surface area (Å²) in [6, 6.07) is 2.95. The zero-order chi connectivity index (χ0) is 9.26. The molecule has 2 heterocycles. The van der Waals surface area contributed by atoms with E-state index in [1.807, 2.05) is 0 Å². The predicted octanol–water partition coefficient (Wildman–Crippen LogP) is 2.56. The van der Waals surface area contributed by atoms with Gasteiger partial charge in [-0.25, -0.2) is 4.39 Å². The van der Waals surface area contributed by atoms with Gasteiger partial charge in [0.2, 0.25) is 0 Å². The molecule has 0 radical (unpaired) electrons. The topological polar surface area (TPSA) is 33.4 Å². The number of aliphatic hydroxyl groups is 1. The molecule has 2 rings (SSSR count). The van der Waals surface area contributed by atoms with Gasteiger partial charge in [-0.15, -0.1) is 11.3 Å². The fourth-order valence-electron chi connectivity index (χ4n) is 1.08. The van der Waals surface area contributed by atoms with Crippen molar-refractivity contribution in [2.75, 3.05) is 0 Å². The summed E-state index contributed by atoms with van der Waals surface area (Å²) in [5.74, 6) is -0.376. The van der Waals surface area contributed by atoms with Crippen LogP contribution in [0.25, 0.3) is 0 Å². The molecule has 0 amide bonds. The summed E-state index contributed by atoms with van der Waals surface area (Å²) >= 11 is 1.19. The zero-order valence-corrected chi connectivity index (χ0v) is 7.42. The van der Waals surface area contributed by atoms with Crippen LogP contribution in [-0.2, 0) is 0 Å². The number of hydrogen-bond donors (Lipinski definition) is 1. The Morgan fingerprint density at radius 3 is 2.85 bits per heavy atom. The van der Waals surface area contributed by atoms with E-state index in [1.165, 1.54) is 29.9 Å². The quantitative estimate of drug-likeness (QED) is 0.804. The Kier molecular flexibility index (Phi) is 2.16. The van der Waals surface area contributed by atoms with E-state index >= 15 is 0 Å². The lowest BCUT2D eigenvalue weighted by molar-refractivity contribution is 0.218. The number of furan rings is 1. The summed E-state index contributed by atoms with van der Waals surface area (Å²) in [4.78, 5) is 0.321. The Balaban J connectivity index is 2.33. The van der Waals surface area contributed by atoms with Gasteiger partial charge in [0.1, 0.15) is 11.9 Å². The molecule has 0 aliphatic heterocycles. The van der Waals surface area contributed by atoms with E-state index in [9.17, 15) is 9.50 Å². The van der Waals surface area contributed by atoms with Crippen LogP contribution in [0.4, 0.5) is 4.39 Å². The summed E-state index contributed by atoms with van der Waals surface area (Å²) in [5, 5.41) is 11.3. The lowest BCUT2D eigenvalue weighted by atomic mass is 10.1. The second-order valence-electron chi connectivity index (χ2n) is 2.59. The molecule has 0 aromatic carbocycles. The highest BCUT2D eigenvalue weighted by Crippen LogP contribution is 2.28. The first kappa shape index (κ1) is 8.47. The van der Waals surface area contributed by atoms with Crippen molar-refractivity contribution in [1.82, 2.24) is 0 Å². The third-order valence-electron chi connectivity index (χ3n) is 1.75. The average molecular weight is 198 g/mol. The van der Waals surface area contributed by atoms with Gasteiger partial charge in [-0.2, -0.15) is 0 Å². The molecule has 2 aromatic heterocycles. The number of aliphatic hydroxyl groups excluding tert-OH is 1. The molecule has 2 aromatic rings. The van der Waals surface area contributed by atoms with Gasteiger partial charge in [-0.05, 0) is 17.5 Å². The van der Waals surface area contributed by atoms with E-state index in [4.69, 9.17) is 4.42 Å². The van der Waals surface area contributed by atoms with E-state index in [2.05, 4.69) is 0 Å². The summed E-state index contributed by atoms with van der Waals surface area (Å²) in [6.45, 7) is 0. The van der Waals surface area contributed by atoms with Crippen molar-refractivity contribution in [1.29, 1.82) is 0 Å². The summed E-state index contributed by atoms with van der Waals surface area (Å²) in [6.07, 6.45) is 1.94. The Hall–Kier alpha value is -1.13. The highest BCUT2D eigenvalue weighted by Gasteiger charge is 2.16. The van der Waals surface area contributed by atoms with Gasteiger partial charge in [0.15, 0.2) is 0 Å². The van der Waals surface area contributed by atoms with Crippen LogP contribution in [0.15, 0.2) is 34.5 Å². The van der Waals surface area contributed by atoms with Crippen LogP contribution in [0.3, 0.4) is 0 Å². The van der Waals surface area contributed by atoms with Gasteiger partial charge in [0.05, 0.1) is 17.4 Å². The minimum atomic E-state index is -0.918. The van der Waals surface area contributed by atoms with E-state index in [0.29, 0.717) is 10.4 Å². The number of rotatable bonds is 2. The molecule has 0 aliphatic rings. The molecule has 0 saturated carbocycles. The normalized spacial score (nSPS) is 13.1. The third-order valence-corrected chi connectivity index (χ3v) is 2.70. The first-order valence-corrected chi connectivity index (χ1v) is 4.60. The number of hydrogen-bond acceptors (Lipinski definition) is 3. The second-order valence-corrected chi connectivity index (χ2v) is 3.54. The maximum Gasteiger partial charge on any atom is 0.140 e. The van der Waals surface area contributed by atoms with Gasteiger partial charge in [-0.1, -0.05) is 0 Å². The van der Waals surface area contributed by atoms with Crippen LogP contribution in [0, 0.1) is 5.82 Å². The SMILES string of the molecule is OC(c1ccoc1)c1sccc1F. The van der Waals surface area contributed by atoms with Gasteiger partial charge in [0, 0.05) is 5.56 Å². The minimum Gasteiger partial charge on any atom is -0.472 e. The largest absolute Gasteiger partial charge is 0.472 e. The number of thiophene rings is 1. The molecule has 1 atom stereocenters. The maximum absolute atomic E-state index is 13.0. The van der Waals surface area contributed by atoms with Crippen molar-refractivity contribution in [2.24, 2.45) is 0 Å². The molecule has 13 heavy (non-hydrogen) atoms. The fraction of sp³-hybridized carbons (Fsp3) is 0.111. The van der Waals surface area contributed by atoms with Gasteiger partial charge >= 0.3 is 0 Å². The van der Waals surface area contributed by atoms with Crippen LogP contribution < -0.4 is 0 Å². The molecule has 0 bridgehead atoms. The van der Waals surface area contributed by atoms with E-state index in [1.54, 1.807) is 11.4 Å². The van der Waals surface area contributed by atoms with Crippen molar-refractivity contribution in [3.8, 4) is 0 Å². The Morgan fingerprint density at radius 1 is 1.46 bits per heavy atom. The molecular formula is C9H7FO2S. The minimum absolute atomic E-state index is 0.321. The number of halogens is 1. The summed E-state index contributed by atoms with van der Waals surface area (Å²) in [5.41, 5.74) is 0.571. The first-order valence-electron chi connectivity index (χ1n) is 3.72. The highest BCUT2D eigenvalue weighted by molar-refractivity contribution is 7.10. The lowest BCUT2D eigenvalue weighted by Gasteiger charge is -2.04. The lowest BCUT2D eigenvalue weighted by Crippen LogP contribution is -1.96. The van der Waals surface area contributed by atoms with Crippen LogP contribution in [0.2, 0.25) is 0 Å². The van der Waals surface area contributed by atoms with Gasteiger partial charge in [-0.3, -0.25) is 0 Å². The van der Waals surface area contributed by atoms with Gasteiger partial charge in [0.25, 0.3) is 0 Å². The van der Waals surface area contributed by atoms with Crippen molar-refractivity contribution in [2.45, 2.75) is 6.10 Å². The van der Waals surface area contributed by atoms with E-state index < -0.39 is 6.10 Å². The molecule has 68 valence electrons.